The van der Waals surface area contributed by atoms with E-state index in [-0.39, 0.29) is 6.03 Å². The highest BCUT2D eigenvalue weighted by Crippen LogP contribution is 2.18. The molecule has 17 heavy (non-hydrogen) atoms. The number of amides is 2. The first-order valence-corrected chi connectivity index (χ1v) is 6.65. The maximum Gasteiger partial charge on any atom is 0.320 e. The Bertz CT molecular complexity index is 416. The zero-order valence-corrected chi connectivity index (χ0v) is 11.4. The van der Waals surface area contributed by atoms with Crippen LogP contribution in [0.1, 0.15) is 31.4 Å². The molecule has 1 saturated carbocycles. The van der Waals surface area contributed by atoms with Crippen LogP contribution in [0.2, 0.25) is 0 Å². The SMILES string of the molecule is Cc1nc(NC(=O)NC2CCCC2)ccc1Br. The molecular weight excluding hydrogens is 282 g/mol. The average molecular weight is 298 g/mol. The summed E-state index contributed by atoms with van der Waals surface area (Å²) in [5.74, 6) is 0.584. The molecule has 1 heterocycles. The van der Waals surface area contributed by atoms with Gasteiger partial charge in [0.1, 0.15) is 5.82 Å². The topological polar surface area (TPSA) is 54.0 Å². The van der Waals surface area contributed by atoms with Crippen molar-refractivity contribution in [3.63, 3.8) is 0 Å². The van der Waals surface area contributed by atoms with Crippen molar-refractivity contribution in [2.75, 3.05) is 5.32 Å². The number of nitrogens with zero attached hydrogens (tertiary/aromatic N) is 1. The minimum atomic E-state index is -0.161. The van der Waals surface area contributed by atoms with Crippen LogP contribution >= 0.6 is 15.9 Å². The quantitative estimate of drug-likeness (QED) is 0.881. The van der Waals surface area contributed by atoms with E-state index in [1.165, 1.54) is 12.8 Å². The Morgan fingerprint density at radius 1 is 1.41 bits per heavy atom. The number of urea groups is 1. The fraction of sp³-hybridized carbons (Fsp3) is 0.500. The highest BCUT2D eigenvalue weighted by atomic mass is 79.9. The van der Waals surface area contributed by atoms with Crippen LogP contribution in [0.25, 0.3) is 0 Å². The molecule has 0 spiro atoms. The lowest BCUT2D eigenvalue weighted by Gasteiger charge is -2.12. The van der Waals surface area contributed by atoms with Crippen molar-refractivity contribution in [1.82, 2.24) is 10.3 Å². The molecule has 0 atom stereocenters. The molecule has 5 heteroatoms. The molecule has 0 radical (unpaired) electrons. The molecule has 0 saturated heterocycles. The highest BCUT2D eigenvalue weighted by molar-refractivity contribution is 9.10. The van der Waals surface area contributed by atoms with Gasteiger partial charge in [0.25, 0.3) is 0 Å². The molecule has 2 rings (SSSR count). The summed E-state index contributed by atoms with van der Waals surface area (Å²) in [6, 6.07) is 3.83. The Morgan fingerprint density at radius 3 is 2.76 bits per heavy atom. The van der Waals surface area contributed by atoms with Crippen molar-refractivity contribution in [1.29, 1.82) is 0 Å². The van der Waals surface area contributed by atoms with Gasteiger partial charge < -0.3 is 5.32 Å². The predicted octanol–water partition coefficient (Wildman–Crippen LogP) is 3.22. The summed E-state index contributed by atoms with van der Waals surface area (Å²) in [5, 5.41) is 5.71. The second-order valence-corrected chi connectivity index (χ2v) is 5.20. The van der Waals surface area contributed by atoms with E-state index >= 15 is 0 Å². The number of halogens is 1. The lowest BCUT2D eigenvalue weighted by atomic mass is 10.2. The Kier molecular flexibility index (Phi) is 3.99. The van der Waals surface area contributed by atoms with Crippen molar-refractivity contribution in [2.45, 2.75) is 38.6 Å². The molecule has 1 fully saturated rings. The first kappa shape index (κ1) is 12.4. The van der Waals surface area contributed by atoms with Gasteiger partial charge in [-0.3, -0.25) is 5.32 Å². The summed E-state index contributed by atoms with van der Waals surface area (Å²) in [6.07, 6.45) is 4.58. The van der Waals surface area contributed by atoms with Crippen LogP contribution in [0, 0.1) is 6.92 Å². The van der Waals surface area contributed by atoms with E-state index < -0.39 is 0 Å². The zero-order chi connectivity index (χ0) is 12.3. The lowest BCUT2D eigenvalue weighted by Crippen LogP contribution is -2.36. The van der Waals surface area contributed by atoms with Crippen molar-refractivity contribution in [3.05, 3.63) is 22.3 Å². The van der Waals surface area contributed by atoms with Crippen molar-refractivity contribution < 1.29 is 4.79 Å². The van der Waals surface area contributed by atoms with Crippen LogP contribution < -0.4 is 10.6 Å². The van der Waals surface area contributed by atoms with E-state index in [0.717, 1.165) is 23.0 Å². The maximum absolute atomic E-state index is 11.7. The molecular formula is C12H16BrN3O. The molecule has 92 valence electrons. The molecule has 2 amide bonds. The third kappa shape index (κ3) is 3.43. The van der Waals surface area contributed by atoms with E-state index in [1.807, 2.05) is 13.0 Å². The fourth-order valence-electron chi connectivity index (χ4n) is 2.02. The molecule has 1 aliphatic carbocycles. The second kappa shape index (κ2) is 5.49. The minimum absolute atomic E-state index is 0.161. The highest BCUT2D eigenvalue weighted by Gasteiger charge is 2.17. The van der Waals surface area contributed by atoms with Crippen molar-refractivity contribution in [3.8, 4) is 0 Å². The molecule has 4 nitrogen and oxygen atoms in total. The summed E-state index contributed by atoms with van der Waals surface area (Å²) >= 11 is 3.38. The average Bonchev–Trinajstić information content (AvgIpc) is 2.76. The minimum Gasteiger partial charge on any atom is -0.335 e. The van der Waals surface area contributed by atoms with Gasteiger partial charge in [0.2, 0.25) is 0 Å². The number of aryl methyl sites for hydroxylation is 1. The standard InChI is InChI=1S/C12H16BrN3O/c1-8-10(13)6-7-11(14-8)16-12(17)15-9-4-2-3-5-9/h6-7,9H,2-5H2,1H3,(H2,14,15,16,17). The normalized spacial score (nSPS) is 15.9. The molecule has 1 aliphatic rings. The molecule has 1 aromatic rings. The summed E-state index contributed by atoms with van der Waals surface area (Å²) < 4.78 is 0.944. The number of hydrogen-bond donors (Lipinski definition) is 2. The van der Waals surface area contributed by atoms with Crippen LogP contribution in [0.15, 0.2) is 16.6 Å². The maximum atomic E-state index is 11.7. The third-order valence-corrected chi connectivity index (χ3v) is 3.79. The number of nitrogens with one attached hydrogen (secondary N) is 2. The third-order valence-electron chi connectivity index (χ3n) is 2.95. The van der Waals surface area contributed by atoms with E-state index in [4.69, 9.17) is 0 Å². The van der Waals surface area contributed by atoms with Gasteiger partial charge in [0.05, 0.1) is 5.69 Å². The van der Waals surface area contributed by atoms with Gasteiger partial charge in [0, 0.05) is 10.5 Å². The van der Waals surface area contributed by atoms with Crippen LogP contribution in [-0.4, -0.2) is 17.1 Å². The predicted molar refractivity (Wildman–Crippen MR) is 71.1 cm³/mol. The first-order valence-electron chi connectivity index (χ1n) is 5.86. The number of hydrogen-bond acceptors (Lipinski definition) is 2. The molecule has 0 bridgehead atoms. The molecule has 0 aromatic carbocycles. The van der Waals surface area contributed by atoms with Gasteiger partial charge >= 0.3 is 6.03 Å². The molecule has 0 unspecified atom stereocenters. The number of carbonyl (C=O) groups excluding carboxylic acids is 1. The van der Waals surface area contributed by atoms with Gasteiger partial charge in [-0.2, -0.15) is 0 Å². The van der Waals surface area contributed by atoms with E-state index in [1.54, 1.807) is 6.07 Å². The number of rotatable bonds is 2. The monoisotopic (exact) mass is 297 g/mol. The zero-order valence-electron chi connectivity index (χ0n) is 9.79. The summed E-state index contributed by atoms with van der Waals surface area (Å²) in [4.78, 5) is 16.0. The Balaban J connectivity index is 1.90. The van der Waals surface area contributed by atoms with Gasteiger partial charge in [-0.25, -0.2) is 9.78 Å². The largest absolute Gasteiger partial charge is 0.335 e. The number of aromatic nitrogens is 1. The van der Waals surface area contributed by atoms with Crippen LogP contribution in [0.5, 0.6) is 0 Å². The Hall–Kier alpha value is -1.10. The number of pyridine rings is 1. The Morgan fingerprint density at radius 2 is 2.12 bits per heavy atom. The summed E-state index contributed by atoms with van der Waals surface area (Å²) in [6.45, 7) is 1.89. The molecule has 1 aromatic heterocycles. The lowest BCUT2D eigenvalue weighted by molar-refractivity contribution is 0.248. The smallest absolute Gasteiger partial charge is 0.320 e. The summed E-state index contributed by atoms with van der Waals surface area (Å²) in [7, 11) is 0. The van der Waals surface area contributed by atoms with Crippen molar-refractivity contribution in [2.24, 2.45) is 0 Å². The number of anilines is 1. The van der Waals surface area contributed by atoms with Crippen LogP contribution in [-0.2, 0) is 0 Å². The van der Waals surface area contributed by atoms with Crippen LogP contribution in [0.4, 0.5) is 10.6 Å². The van der Waals surface area contributed by atoms with Gasteiger partial charge in [-0.05, 0) is 47.8 Å². The van der Waals surface area contributed by atoms with Gasteiger partial charge in [-0.15, -0.1) is 0 Å². The van der Waals surface area contributed by atoms with Gasteiger partial charge in [-0.1, -0.05) is 12.8 Å². The molecule has 0 aliphatic heterocycles. The Labute approximate surface area is 109 Å². The second-order valence-electron chi connectivity index (χ2n) is 4.34. The van der Waals surface area contributed by atoms with Crippen molar-refractivity contribution >= 4 is 27.8 Å². The van der Waals surface area contributed by atoms with E-state index in [2.05, 4.69) is 31.5 Å². The van der Waals surface area contributed by atoms with Gasteiger partial charge in [0.15, 0.2) is 0 Å². The molecule has 2 N–H and O–H groups in total. The number of carbonyl (C=O) groups is 1. The van der Waals surface area contributed by atoms with Crippen LogP contribution in [0.3, 0.4) is 0 Å². The first-order chi connectivity index (χ1) is 8.15. The fourth-order valence-corrected chi connectivity index (χ4v) is 2.24. The van der Waals surface area contributed by atoms with E-state index in [0.29, 0.717) is 11.9 Å². The van der Waals surface area contributed by atoms with E-state index in [9.17, 15) is 4.79 Å². The summed E-state index contributed by atoms with van der Waals surface area (Å²) in [5.41, 5.74) is 0.865.